The lowest BCUT2D eigenvalue weighted by molar-refractivity contribution is 0.174. The topological polar surface area (TPSA) is 45.1 Å². The molecule has 0 saturated heterocycles. The summed E-state index contributed by atoms with van der Waals surface area (Å²) in [6.45, 7) is 0.999. The average Bonchev–Trinajstić information content (AvgIpc) is 2.40. The first-order valence-electron chi connectivity index (χ1n) is 5.79. The SMILES string of the molecule is OC(CNCc1cccnc1)c1cccc(F)c1. The number of aromatic nitrogens is 1. The van der Waals surface area contributed by atoms with E-state index in [0.717, 1.165) is 5.56 Å². The lowest BCUT2D eigenvalue weighted by Gasteiger charge is -2.12. The van der Waals surface area contributed by atoms with Crippen molar-refractivity contribution in [2.24, 2.45) is 0 Å². The zero-order chi connectivity index (χ0) is 12.8. The molecule has 0 amide bonds. The number of halogens is 1. The van der Waals surface area contributed by atoms with E-state index >= 15 is 0 Å². The molecule has 2 aromatic rings. The van der Waals surface area contributed by atoms with Gasteiger partial charge in [0.1, 0.15) is 5.82 Å². The second-order valence-electron chi connectivity index (χ2n) is 4.06. The van der Waals surface area contributed by atoms with E-state index in [0.29, 0.717) is 18.7 Å². The molecule has 4 heteroatoms. The highest BCUT2D eigenvalue weighted by atomic mass is 19.1. The van der Waals surface area contributed by atoms with E-state index < -0.39 is 6.10 Å². The molecule has 2 N–H and O–H groups in total. The first-order chi connectivity index (χ1) is 8.75. The van der Waals surface area contributed by atoms with Crippen LogP contribution in [0.4, 0.5) is 4.39 Å². The van der Waals surface area contributed by atoms with E-state index in [1.165, 1.54) is 12.1 Å². The van der Waals surface area contributed by atoms with Gasteiger partial charge in [-0.3, -0.25) is 4.98 Å². The van der Waals surface area contributed by atoms with Crippen LogP contribution in [0.1, 0.15) is 17.2 Å². The van der Waals surface area contributed by atoms with Crippen LogP contribution in [0.3, 0.4) is 0 Å². The third kappa shape index (κ3) is 3.61. The highest BCUT2D eigenvalue weighted by molar-refractivity contribution is 5.19. The highest BCUT2D eigenvalue weighted by Gasteiger charge is 2.07. The summed E-state index contributed by atoms with van der Waals surface area (Å²) in [7, 11) is 0. The predicted molar refractivity (Wildman–Crippen MR) is 67.3 cm³/mol. The largest absolute Gasteiger partial charge is 0.387 e. The molecular formula is C14H15FN2O. The lowest BCUT2D eigenvalue weighted by Crippen LogP contribution is -2.21. The minimum Gasteiger partial charge on any atom is -0.387 e. The zero-order valence-electron chi connectivity index (χ0n) is 9.88. The van der Waals surface area contributed by atoms with Crippen LogP contribution in [0.25, 0.3) is 0 Å². The number of aliphatic hydroxyl groups excluding tert-OH is 1. The van der Waals surface area contributed by atoms with Crippen LogP contribution in [0, 0.1) is 5.82 Å². The summed E-state index contributed by atoms with van der Waals surface area (Å²) in [5, 5.41) is 13.0. The Morgan fingerprint density at radius 2 is 2.17 bits per heavy atom. The molecule has 0 radical (unpaired) electrons. The summed E-state index contributed by atoms with van der Waals surface area (Å²) < 4.78 is 13.0. The number of aliphatic hydroxyl groups is 1. The average molecular weight is 246 g/mol. The van der Waals surface area contributed by atoms with Crippen molar-refractivity contribution in [1.82, 2.24) is 10.3 Å². The summed E-state index contributed by atoms with van der Waals surface area (Å²) in [5.41, 5.74) is 1.62. The monoisotopic (exact) mass is 246 g/mol. The second kappa shape index (κ2) is 6.23. The molecule has 1 aromatic carbocycles. The molecule has 94 valence electrons. The molecule has 1 heterocycles. The molecule has 0 fully saturated rings. The van der Waals surface area contributed by atoms with Crippen molar-refractivity contribution in [2.45, 2.75) is 12.6 Å². The van der Waals surface area contributed by atoms with Crippen LogP contribution in [-0.4, -0.2) is 16.6 Å². The van der Waals surface area contributed by atoms with Crippen LogP contribution < -0.4 is 5.32 Å². The van der Waals surface area contributed by atoms with E-state index in [2.05, 4.69) is 10.3 Å². The Hall–Kier alpha value is -1.78. The van der Waals surface area contributed by atoms with Gasteiger partial charge in [-0.2, -0.15) is 0 Å². The molecule has 0 aliphatic rings. The third-order valence-electron chi connectivity index (χ3n) is 2.62. The Kier molecular flexibility index (Phi) is 4.39. The first kappa shape index (κ1) is 12.7. The maximum absolute atomic E-state index is 13.0. The van der Waals surface area contributed by atoms with E-state index in [1.807, 2.05) is 12.1 Å². The van der Waals surface area contributed by atoms with Crippen molar-refractivity contribution in [3.05, 3.63) is 65.7 Å². The first-order valence-corrected chi connectivity index (χ1v) is 5.79. The number of benzene rings is 1. The number of nitrogens with zero attached hydrogens (tertiary/aromatic N) is 1. The van der Waals surface area contributed by atoms with Gasteiger partial charge >= 0.3 is 0 Å². The molecule has 1 atom stereocenters. The molecule has 0 aliphatic carbocycles. The Bertz CT molecular complexity index is 490. The van der Waals surface area contributed by atoms with E-state index in [9.17, 15) is 9.50 Å². The second-order valence-corrected chi connectivity index (χ2v) is 4.06. The molecular weight excluding hydrogens is 231 g/mol. The lowest BCUT2D eigenvalue weighted by atomic mass is 10.1. The van der Waals surface area contributed by atoms with Crippen LogP contribution in [0.2, 0.25) is 0 Å². The van der Waals surface area contributed by atoms with Crippen molar-refractivity contribution < 1.29 is 9.50 Å². The Morgan fingerprint density at radius 3 is 2.89 bits per heavy atom. The molecule has 3 nitrogen and oxygen atoms in total. The van der Waals surface area contributed by atoms with Crippen molar-refractivity contribution in [3.8, 4) is 0 Å². The summed E-state index contributed by atoms with van der Waals surface area (Å²) in [6, 6.07) is 9.82. The highest BCUT2D eigenvalue weighted by Crippen LogP contribution is 2.13. The maximum atomic E-state index is 13.0. The van der Waals surface area contributed by atoms with Crippen molar-refractivity contribution in [1.29, 1.82) is 0 Å². The molecule has 1 unspecified atom stereocenters. The van der Waals surface area contributed by atoms with Gasteiger partial charge in [0, 0.05) is 25.5 Å². The number of rotatable bonds is 5. The molecule has 2 rings (SSSR count). The summed E-state index contributed by atoms with van der Waals surface area (Å²) in [6.07, 6.45) is 2.77. The van der Waals surface area contributed by atoms with Crippen LogP contribution >= 0.6 is 0 Å². The van der Waals surface area contributed by atoms with E-state index in [4.69, 9.17) is 0 Å². The zero-order valence-corrected chi connectivity index (χ0v) is 9.88. The van der Waals surface area contributed by atoms with Gasteiger partial charge in [0.2, 0.25) is 0 Å². The fraction of sp³-hybridized carbons (Fsp3) is 0.214. The number of pyridine rings is 1. The van der Waals surface area contributed by atoms with Gasteiger partial charge in [0.15, 0.2) is 0 Å². The van der Waals surface area contributed by atoms with Gasteiger partial charge in [0.05, 0.1) is 6.10 Å². The van der Waals surface area contributed by atoms with Gasteiger partial charge < -0.3 is 10.4 Å². The van der Waals surface area contributed by atoms with Crippen LogP contribution in [-0.2, 0) is 6.54 Å². The van der Waals surface area contributed by atoms with Gasteiger partial charge in [-0.15, -0.1) is 0 Å². The molecule has 18 heavy (non-hydrogen) atoms. The van der Waals surface area contributed by atoms with Gasteiger partial charge in [-0.25, -0.2) is 4.39 Å². The Morgan fingerprint density at radius 1 is 1.28 bits per heavy atom. The fourth-order valence-corrected chi connectivity index (χ4v) is 1.69. The maximum Gasteiger partial charge on any atom is 0.123 e. The smallest absolute Gasteiger partial charge is 0.123 e. The van der Waals surface area contributed by atoms with E-state index in [-0.39, 0.29) is 5.82 Å². The van der Waals surface area contributed by atoms with Crippen molar-refractivity contribution >= 4 is 0 Å². The van der Waals surface area contributed by atoms with Crippen molar-refractivity contribution in [2.75, 3.05) is 6.54 Å². The fourth-order valence-electron chi connectivity index (χ4n) is 1.69. The normalized spacial score (nSPS) is 12.3. The summed E-state index contributed by atoms with van der Waals surface area (Å²) >= 11 is 0. The van der Waals surface area contributed by atoms with Crippen molar-refractivity contribution in [3.63, 3.8) is 0 Å². The number of hydrogen-bond donors (Lipinski definition) is 2. The summed E-state index contributed by atoms with van der Waals surface area (Å²) in [5.74, 6) is -0.334. The third-order valence-corrected chi connectivity index (χ3v) is 2.62. The molecule has 1 aromatic heterocycles. The summed E-state index contributed by atoms with van der Waals surface area (Å²) in [4.78, 5) is 4.00. The number of hydrogen-bond acceptors (Lipinski definition) is 3. The minimum absolute atomic E-state index is 0.334. The molecule has 0 saturated carbocycles. The van der Waals surface area contributed by atoms with E-state index in [1.54, 1.807) is 24.5 Å². The molecule has 0 aliphatic heterocycles. The predicted octanol–water partition coefficient (Wildman–Crippen LogP) is 2.04. The van der Waals surface area contributed by atoms with Gasteiger partial charge in [0.25, 0.3) is 0 Å². The molecule has 0 spiro atoms. The van der Waals surface area contributed by atoms with Crippen LogP contribution in [0.15, 0.2) is 48.8 Å². The Balaban J connectivity index is 1.83. The Labute approximate surface area is 105 Å². The standard InChI is InChI=1S/C14H15FN2O/c15-13-5-1-4-12(7-13)14(18)10-17-9-11-3-2-6-16-8-11/h1-8,14,17-18H,9-10H2. The number of nitrogens with one attached hydrogen (secondary N) is 1. The van der Waals surface area contributed by atoms with Gasteiger partial charge in [-0.1, -0.05) is 18.2 Å². The quantitative estimate of drug-likeness (QED) is 0.848. The van der Waals surface area contributed by atoms with Gasteiger partial charge in [-0.05, 0) is 29.3 Å². The molecule has 0 bridgehead atoms. The van der Waals surface area contributed by atoms with Crippen LogP contribution in [0.5, 0.6) is 0 Å². The minimum atomic E-state index is -0.711.